The number of benzene rings is 2. The largest absolute Gasteiger partial charge is 0.391 e. The van der Waals surface area contributed by atoms with Crippen molar-refractivity contribution < 1.29 is 13.2 Å². The summed E-state index contributed by atoms with van der Waals surface area (Å²) in [6, 6.07) is 21.3. The summed E-state index contributed by atoms with van der Waals surface area (Å²) in [5.74, 6) is -0.828. The van der Waals surface area contributed by atoms with Crippen LogP contribution in [0.4, 0.5) is 13.2 Å². The number of hydrogen-bond donors (Lipinski definition) is 0. The molecule has 0 saturated heterocycles. The van der Waals surface area contributed by atoms with Crippen molar-refractivity contribution in [3.63, 3.8) is 0 Å². The Kier molecular flexibility index (Phi) is 10.3. The molecular formula is C27H35F3N2. The fourth-order valence-electron chi connectivity index (χ4n) is 4.33. The Bertz CT molecular complexity index is 817. The summed E-state index contributed by atoms with van der Waals surface area (Å²) in [4.78, 5) is 2.38. The second kappa shape index (κ2) is 12.6. The molecule has 3 rings (SSSR count). The number of halogens is 3. The van der Waals surface area contributed by atoms with Crippen LogP contribution >= 0.6 is 0 Å². The van der Waals surface area contributed by atoms with Gasteiger partial charge in [0.15, 0.2) is 0 Å². The zero-order valence-corrected chi connectivity index (χ0v) is 19.4. The first kappa shape index (κ1) is 25.9. The van der Waals surface area contributed by atoms with Crippen LogP contribution in [0.2, 0.25) is 0 Å². The third kappa shape index (κ3) is 8.31. The minimum Gasteiger partial charge on any atom is -0.299 e. The molecule has 1 fully saturated rings. The zero-order valence-electron chi connectivity index (χ0n) is 19.4. The molecule has 0 spiro atoms. The Morgan fingerprint density at radius 3 is 2.06 bits per heavy atom. The molecule has 1 aliphatic rings. The lowest BCUT2D eigenvalue weighted by atomic mass is 9.78. The van der Waals surface area contributed by atoms with Gasteiger partial charge in [0.25, 0.3) is 0 Å². The summed E-state index contributed by atoms with van der Waals surface area (Å²) in [6.45, 7) is 4.64. The maximum atomic E-state index is 12.8. The third-order valence-corrected chi connectivity index (χ3v) is 6.52. The molecule has 2 nitrogen and oxygen atoms in total. The van der Waals surface area contributed by atoms with Gasteiger partial charge in [0.1, 0.15) is 0 Å². The Labute approximate surface area is 191 Å². The number of alkyl halides is 3. The van der Waals surface area contributed by atoms with Crippen LogP contribution in [0.25, 0.3) is 0 Å². The molecular weight excluding hydrogens is 409 g/mol. The normalized spacial score (nSPS) is 19.6. The molecule has 0 N–H and O–H groups in total. The highest BCUT2D eigenvalue weighted by Gasteiger charge is 2.41. The third-order valence-electron chi connectivity index (χ3n) is 6.52. The van der Waals surface area contributed by atoms with E-state index in [-0.39, 0.29) is 18.8 Å². The molecule has 2 aromatic rings. The van der Waals surface area contributed by atoms with E-state index in [1.54, 1.807) is 6.07 Å². The second-order valence-corrected chi connectivity index (χ2v) is 8.84. The van der Waals surface area contributed by atoms with Crippen LogP contribution in [0, 0.1) is 17.2 Å². The van der Waals surface area contributed by atoms with Gasteiger partial charge in [-0.15, -0.1) is 0 Å². The molecule has 0 bridgehead atoms. The summed E-state index contributed by atoms with van der Waals surface area (Å²) in [7, 11) is 2.16. The maximum absolute atomic E-state index is 12.8. The number of rotatable bonds is 7. The van der Waals surface area contributed by atoms with Gasteiger partial charge < -0.3 is 0 Å². The van der Waals surface area contributed by atoms with E-state index >= 15 is 0 Å². The van der Waals surface area contributed by atoms with Crippen LogP contribution in [0.3, 0.4) is 0 Å². The zero-order chi connectivity index (χ0) is 23.6. The van der Waals surface area contributed by atoms with Gasteiger partial charge in [-0.2, -0.15) is 18.4 Å². The van der Waals surface area contributed by atoms with Crippen LogP contribution in [-0.2, 0) is 13.0 Å². The molecule has 174 valence electrons. The summed E-state index contributed by atoms with van der Waals surface area (Å²) < 4.78 is 38.5. The highest BCUT2D eigenvalue weighted by molar-refractivity contribution is 5.26. The van der Waals surface area contributed by atoms with Crippen LogP contribution < -0.4 is 0 Å². The molecule has 0 aromatic heterocycles. The first-order valence-corrected chi connectivity index (χ1v) is 11.4. The van der Waals surface area contributed by atoms with Gasteiger partial charge in [-0.1, -0.05) is 54.6 Å². The molecule has 32 heavy (non-hydrogen) atoms. The molecule has 2 aromatic carbocycles. The Balaban J connectivity index is 0.00000114. The summed E-state index contributed by atoms with van der Waals surface area (Å²) >= 11 is 0. The predicted octanol–water partition coefficient (Wildman–Crippen LogP) is 7.51. The maximum Gasteiger partial charge on any atom is 0.391 e. The molecule has 0 heterocycles. The fourth-order valence-corrected chi connectivity index (χ4v) is 4.33. The van der Waals surface area contributed by atoms with Crippen molar-refractivity contribution in [1.82, 2.24) is 4.90 Å². The van der Waals surface area contributed by atoms with Gasteiger partial charge in [-0.3, -0.25) is 4.90 Å². The van der Waals surface area contributed by atoms with E-state index in [9.17, 15) is 13.2 Å². The van der Waals surface area contributed by atoms with Crippen molar-refractivity contribution in [2.24, 2.45) is 5.92 Å². The Morgan fingerprint density at radius 1 is 0.969 bits per heavy atom. The van der Waals surface area contributed by atoms with Crippen molar-refractivity contribution in [1.29, 1.82) is 5.26 Å². The Hall–Kier alpha value is -2.32. The van der Waals surface area contributed by atoms with Gasteiger partial charge in [0, 0.05) is 19.5 Å². The van der Waals surface area contributed by atoms with Crippen molar-refractivity contribution in [3.05, 3.63) is 71.3 Å². The lowest BCUT2D eigenvalue weighted by molar-refractivity contribution is -0.182. The van der Waals surface area contributed by atoms with Gasteiger partial charge in [0.05, 0.1) is 12.0 Å². The molecule has 1 saturated carbocycles. The predicted molar refractivity (Wildman–Crippen MR) is 124 cm³/mol. The highest BCUT2D eigenvalue weighted by atomic mass is 19.4. The molecule has 0 amide bonds. The standard InChI is InChI=1S/C25H32F3N.C2H3N/c1-19(29(2)18-21-6-4-3-5-7-21)8-9-20-10-12-22(13-11-20)23-14-16-24(17-15-23)25(26,27)28;1-2-3/h3-7,10-13,19,23-24H,8-9,14-18H2,1-2H3;1H3. The number of nitriles is 1. The van der Waals surface area contributed by atoms with Gasteiger partial charge in [0.2, 0.25) is 0 Å². The second-order valence-electron chi connectivity index (χ2n) is 8.84. The van der Waals surface area contributed by atoms with E-state index in [1.807, 2.05) is 6.07 Å². The average Bonchev–Trinajstić information content (AvgIpc) is 2.78. The van der Waals surface area contributed by atoms with E-state index in [1.165, 1.54) is 23.6 Å². The van der Waals surface area contributed by atoms with E-state index in [0.717, 1.165) is 19.4 Å². The molecule has 1 unspecified atom stereocenters. The highest BCUT2D eigenvalue weighted by Crippen LogP contribution is 2.42. The lowest BCUT2D eigenvalue weighted by Gasteiger charge is -2.30. The summed E-state index contributed by atoms with van der Waals surface area (Å²) in [5.41, 5.74) is 3.83. The molecule has 1 atom stereocenters. The fraction of sp³-hybridized carbons (Fsp3) is 0.519. The van der Waals surface area contributed by atoms with Crippen molar-refractivity contribution in [2.75, 3.05) is 7.05 Å². The Morgan fingerprint density at radius 2 is 1.53 bits per heavy atom. The smallest absolute Gasteiger partial charge is 0.299 e. The summed E-state index contributed by atoms with van der Waals surface area (Å²) in [6.07, 6.45) is -0.113. The van der Waals surface area contributed by atoms with E-state index in [0.29, 0.717) is 18.9 Å². The average molecular weight is 445 g/mol. The van der Waals surface area contributed by atoms with E-state index in [4.69, 9.17) is 5.26 Å². The first-order valence-electron chi connectivity index (χ1n) is 11.4. The minimum absolute atomic E-state index is 0.265. The molecule has 5 heteroatoms. The van der Waals surface area contributed by atoms with Crippen LogP contribution in [0.5, 0.6) is 0 Å². The van der Waals surface area contributed by atoms with Crippen LogP contribution in [0.15, 0.2) is 54.6 Å². The van der Waals surface area contributed by atoms with Crippen LogP contribution in [-0.4, -0.2) is 24.2 Å². The molecule has 1 aliphatic carbocycles. The van der Waals surface area contributed by atoms with E-state index < -0.39 is 12.1 Å². The van der Waals surface area contributed by atoms with Gasteiger partial charge >= 0.3 is 6.18 Å². The number of nitrogens with zero attached hydrogens (tertiary/aromatic N) is 2. The van der Waals surface area contributed by atoms with Crippen molar-refractivity contribution in [2.45, 2.75) is 77.1 Å². The minimum atomic E-state index is -4.03. The molecule has 0 radical (unpaired) electrons. The summed E-state index contributed by atoms with van der Waals surface area (Å²) in [5, 5.41) is 7.32. The van der Waals surface area contributed by atoms with Crippen molar-refractivity contribution >= 4 is 0 Å². The number of hydrogen-bond acceptors (Lipinski definition) is 2. The van der Waals surface area contributed by atoms with Gasteiger partial charge in [-0.25, -0.2) is 0 Å². The van der Waals surface area contributed by atoms with Crippen LogP contribution in [0.1, 0.15) is 68.6 Å². The van der Waals surface area contributed by atoms with Gasteiger partial charge in [-0.05, 0) is 75.1 Å². The molecule has 0 aliphatic heterocycles. The SMILES string of the molecule is CC#N.CC(CCc1ccc(C2CCC(C(F)(F)F)CC2)cc1)N(C)Cc1ccccc1. The van der Waals surface area contributed by atoms with Crippen molar-refractivity contribution in [3.8, 4) is 6.07 Å². The quantitative estimate of drug-likeness (QED) is 0.442. The number of aryl methyl sites for hydroxylation is 1. The lowest BCUT2D eigenvalue weighted by Crippen LogP contribution is -2.29. The topological polar surface area (TPSA) is 27.0 Å². The first-order chi connectivity index (χ1) is 15.2. The van der Waals surface area contributed by atoms with E-state index in [2.05, 4.69) is 67.4 Å². The monoisotopic (exact) mass is 444 g/mol.